The third kappa shape index (κ3) is 2.54. The van der Waals surface area contributed by atoms with Crippen molar-refractivity contribution in [2.24, 2.45) is 0 Å². The lowest BCUT2D eigenvalue weighted by Gasteiger charge is -2.04. The Bertz CT molecular complexity index is 370. The Hall–Kier alpha value is -1.40. The highest BCUT2D eigenvalue weighted by Gasteiger charge is 2.21. The molecule has 0 saturated carbocycles. The molecule has 1 rings (SSSR count). The lowest BCUT2D eigenvalue weighted by atomic mass is 10.2. The van der Waals surface area contributed by atoms with Gasteiger partial charge in [0, 0.05) is 10.3 Å². The van der Waals surface area contributed by atoms with E-state index >= 15 is 0 Å². The normalized spacial score (nSPS) is 11.9. The first-order chi connectivity index (χ1) is 7.10. The number of esters is 2. The number of ether oxygens (including phenoxy) is 2. The van der Waals surface area contributed by atoms with Gasteiger partial charge in [0.05, 0.1) is 19.8 Å². The van der Waals surface area contributed by atoms with E-state index in [4.69, 9.17) is 0 Å². The van der Waals surface area contributed by atoms with Crippen molar-refractivity contribution < 1.29 is 24.2 Å². The Morgan fingerprint density at radius 3 is 2.60 bits per heavy atom. The van der Waals surface area contributed by atoms with Gasteiger partial charge >= 0.3 is 11.9 Å². The summed E-state index contributed by atoms with van der Waals surface area (Å²) in [7, 11) is 2.44. The molecule has 1 heterocycles. The molecule has 0 aliphatic carbocycles. The number of carbonyl (C=O) groups excluding carboxylic acids is 2. The van der Waals surface area contributed by atoms with Crippen molar-refractivity contribution in [2.45, 2.75) is 6.10 Å². The monoisotopic (exact) mass is 230 g/mol. The molecule has 1 N–H and O–H groups in total. The van der Waals surface area contributed by atoms with Crippen LogP contribution in [0, 0.1) is 0 Å². The SMILES string of the molecule is COC(=O)c1csc(C(O)C(=O)OC)c1. The van der Waals surface area contributed by atoms with Crippen molar-refractivity contribution >= 4 is 23.3 Å². The van der Waals surface area contributed by atoms with Crippen molar-refractivity contribution in [3.05, 3.63) is 21.9 Å². The van der Waals surface area contributed by atoms with Gasteiger partial charge in [-0.2, -0.15) is 0 Å². The van der Waals surface area contributed by atoms with Crippen LogP contribution in [0.5, 0.6) is 0 Å². The molecule has 0 saturated heterocycles. The van der Waals surface area contributed by atoms with Gasteiger partial charge in [0.25, 0.3) is 0 Å². The minimum Gasteiger partial charge on any atom is -0.467 e. The fraction of sp³-hybridized carbons (Fsp3) is 0.333. The second-order valence-electron chi connectivity index (χ2n) is 2.66. The Morgan fingerprint density at radius 1 is 1.40 bits per heavy atom. The first-order valence-electron chi connectivity index (χ1n) is 4.02. The molecule has 6 heteroatoms. The summed E-state index contributed by atoms with van der Waals surface area (Å²) in [5.74, 6) is -1.26. The second kappa shape index (κ2) is 4.90. The van der Waals surface area contributed by atoms with Gasteiger partial charge in [-0.15, -0.1) is 11.3 Å². The number of hydrogen-bond acceptors (Lipinski definition) is 6. The van der Waals surface area contributed by atoms with Crippen LogP contribution in [0.4, 0.5) is 0 Å². The van der Waals surface area contributed by atoms with E-state index in [-0.39, 0.29) is 0 Å². The first kappa shape index (κ1) is 11.7. The van der Waals surface area contributed by atoms with Gasteiger partial charge in [-0.05, 0) is 6.07 Å². The van der Waals surface area contributed by atoms with Gasteiger partial charge in [0.15, 0.2) is 6.10 Å². The first-order valence-corrected chi connectivity index (χ1v) is 4.90. The predicted molar refractivity (Wildman–Crippen MR) is 52.6 cm³/mol. The molecule has 1 aromatic heterocycles. The predicted octanol–water partition coefficient (Wildman–Crippen LogP) is 0.741. The summed E-state index contributed by atoms with van der Waals surface area (Å²) in [6.45, 7) is 0. The van der Waals surface area contributed by atoms with Crippen LogP contribution in [0.15, 0.2) is 11.4 Å². The fourth-order valence-corrected chi connectivity index (χ4v) is 1.80. The molecule has 0 amide bonds. The third-order valence-corrected chi connectivity index (χ3v) is 2.72. The van der Waals surface area contributed by atoms with Crippen LogP contribution in [0.25, 0.3) is 0 Å². The lowest BCUT2D eigenvalue weighted by Crippen LogP contribution is -2.12. The Labute approximate surface area is 90.2 Å². The van der Waals surface area contributed by atoms with E-state index in [1.165, 1.54) is 25.7 Å². The van der Waals surface area contributed by atoms with Crippen molar-refractivity contribution in [3.63, 3.8) is 0 Å². The zero-order valence-corrected chi connectivity index (χ0v) is 9.04. The van der Waals surface area contributed by atoms with E-state index in [0.29, 0.717) is 10.4 Å². The number of hydrogen-bond donors (Lipinski definition) is 1. The van der Waals surface area contributed by atoms with Crippen LogP contribution in [-0.4, -0.2) is 31.3 Å². The number of thiophene rings is 1. The Balaban J connectivity index is 2.84. The van der Waals surface area contributed by atoms with Gasteiger partial charge in [-0.1, -0.05) is 0 Å². The summed E-state index contributed by atoms with van der Waals surface area (Å²) in [5, 5.41) is 10.9. The van der Waals surface area contributed by atoms with Crippen LogP contribution in [-0.2, 0) is 14.3 Å². The largest absolute Gasteiger partial charge is 0.467 e. The van der Waals surface area contributed by atoms with E-state index in [2.05, 4.69) is 9.47 Å². The molecule has 0 radical (unpaired) electrons. The highest BCUT2D eigenvalue weighted by atomic mass is 32.1. The molecule has 0 spiro atoms. The van der Waals surface area contributed by atoms with Crippen LogP contribution >= 0.6 is 11.3 Å². The van der Waals surface area contributed by atoms with Crippen LogP contribution < -0.4 is 0 Å². The van der Waals surface area contributed by atoms with Crippen LogP contribution in [0.3, 0.4) is 0 Å². The molecule has 1 aromatic rings. The summed E-state index contributed by atoms with van der Waals surface area (Å²) < 4.78 is 8.85. The van der Waals surface area contributed by atoms with E-state index in [1.807, 2.05) is 0 Å². The minimum atomic E-state index is -1.35. The highest BCUT2D eigenvalue weighted by molar-refractivity contribution is 7.10. The molecular formula is C9H10O5S. The molecule has 82 valence electrons. The Kier molecular flexibility index (Phi) is 3.81. The highest BCUT2D eigenvalue weighted by Crippen LogP contribution is 2.23. The van der Waals surface area contributed by atoms with Crippen molar-refractivity contribution in [1.82, 2.24) is 0 Å². The van der Waals surface area contributed by atoms with Crippen LogP contribution in [0.1, 0.15) is 21.3 Å². The molecular weight excluding hydrogens is 220 g/mol. The number of rotatable bonds is 3. The third-order valence-electron chi connectivity index (χ3n) is 1.73. The number of aliphatic hydroxyl groups excluding tert-OH is 1. The molecule has 0 aromatic carbocycles. The molecule has 0 fully saturated rings. The topological polar surface area (TPSA) is 72.8 Å². The molecule has 5 nitrogen and oxygen atoms in total. The molecule has 0 aliphatic heterocycles. The maximum Gasteiger partial charge on any atom is 0.340 e. The molecule has 0 aliphatic rings. The average molecular weight is 230 g/mol. The maximum absolute atomic E-state index is 11.1. The summed E-state index contributed by atoms with van der Waals surface area (Å²) in [5.41, 5.74) is 0.306. The summed E-state index contributed by atoms with van der Waals surface area (Å²) >= 11 is 1.09. The molecule has 1 atom stereocenters. The van der Waals surface area contributed by atoms with E-state index < -0.39 is 18.0 Å². The van der Waals surface area contributed by atoms with Gasteiger partial charge in [0.2, 0.25) is 0 Å². The summed E-state index contributed by atoms with van der Waals surface area (Å²) in [6.07, 6.45) is -1.35. The van der Waals surface area contributed by atoms with Crippen molar-refractivity contribution in [1.29, 1.82) is 0 Å². The lowest BCUT2D eigenvalue weighted by molar-refractivity contribution is -0.150. The zero-order chi connectivity index (χ0) is 11.4. The standard InChI is InChI=1S/C9H10O5S/c1-13-8(11)5-3-6(15-4-5)7(10)9(12)14-2/h3-4,7,10H,1-2H3. The minimum absolute atomic E-state index is 0.306. The second-order valence-corrected chi connectivity index (χ2v) is 3.60. The summed E-state index contributed by atoms with van der Waals surface area (Å²) in [6, 6.07) is 1.40. The van der Waals surface area contributed by atoms with E-state index in [1.54, 1.807) is 0 Å². The Morgan fingerprint density at radius 2 is 2.07 bits per heavy atom. The van der Waals surface area contributed by atoms with Crippen molar-refractivity contribution in [3.8, 4) is 0 Å². The maximum atomic E-state index is 11.1. The quantitative estimate of drug-likeness (QED) is 0.775. The van der Waals surface area contributed by atoms with E-state index in [0.717, 1.165) is 11.3 Å². The fourth-order valence-electron chi connectivity index (χ4n) is 0.949. The molecule has 15 heavy (non-hydrogen) atoms. The van der Waals surface area contributed by atoms with E-state index in [9.17, 15) is 14.7 Å². The zero-order valence-electron chi connectivity index (χ0n) is 8.22. The van der Waals surface area contributed by atoms with Gasteiger partial charge in [0.1, 0.15) is 0 Å². The van der Waals surface area contributed by atoms with Crippen LogP contribution in [0.2, 0.25) is 0 Å². The average Bonchev–Trinajstić information content (AvgIpc) is 2.75. The summed E-state index contributed by atoms with van der Waals surface area (Å²) in [4.78, 5) is 22.4. The van der Waals surface area contributed by atoms with Gasteiger partial charge in [-0.3, -0.25) is 0 Å². The molecule has 1 unspecified atom stereocenters. The van der Waals surface area contributed by atoms with Gasteiger partial charge < -0.3 is 14.6 Å². The number of carbonyl (C=O) groups is 2. The van der Waals surface area contributed by atoms with Gasteiger partial charge in [-0.25, -0.2) is 9.59 Å². The number of methoxy groups -OCH3 is 2. The number of aliphatic hydroxyl groups is 1. The molecule has 0 bridgehead atoms. The van der Waals surface area contributed by atoms with Crippen molar-refractivity contribution in [2.75, 3.05) is 14.2 Å². The smallest absolute Gasteiger partial charge is 0.340 e.